The molecule has 3 aromatic rings. The lowest BCUT2D eigenvalue weighted by Crippen LogP contribution is -2.14. The summed E-state index contributed by atoms with van der Waals surface area (Å²) in [5.74, 6) is 2.46. The standard InChI is InChI=1S/C20H20N4O3S2/c25-18(21-13-4-7-15-16(11-13)27-9-2-8-26-15)12-29-20-23-22-19(17-3-1-10-28-17)24(20)14-5-6-14/h1,3-4,7,10-11,14H,2,5-6,8-9,12H2,(H,21,25). The van der Waals surface area contributed by atoms with Crippen LogP contribution < -0.4 is 14.8 Å². The molecule has 0 atom stereocenters. The summed E-state index contributed by atoms with van der Waals surface area (Å²) < 4.78 is 13.5. The molecule has 29 heavy (non-hydrogen) atoms. The zero-order valence-electron chi connectivity index (χ0n) is 15.7. The average molecular weight is 429 g/mol. The van der Waals surface area contributed by atoms with Crippen LogP contribution >= 0.6 is 23.1 Å². The summed E-state index contributed by atoms with van der Waals surface area (Å²) in [5.41, 5.74) is 0.697. The highest BCUT2D eigenvalue weighted by Gasteiger charge is 2.30. The number of aromatic nitrogens is 3. The van der Waals surface area contributed by atoms with Gasteiger partial charge in [0.05, 0.1) is 23.8 Å². The Morgan fingerprint density at radius 3 is 2.86 bits per heavy atom. The lowest BCUT2D eigenvalue weighted by Gasteiger charge is -2.11. The number of ether oxygens (including phenoxy) is 2. The molecular formula is C20H20N4O3S2. The van der Waals surface area contributed by atoms with E-state index in [1.54, 1.807) is 11.3 Å². The van der Waals surface area contributed by atoms with E-state index in [1.165, 1.54) is 11.8 Å². The lowest BCUT2D eigenvalue weighted by atomic mass is 10.2. The maximum atomic E-state index is 12.5. The molecule has 0 radical (unpaired) electrons. The third kappa shape index (κ3) is 4.11. The Morgan fingerprint density at radius 1 is 1.21 bits per heavy atom. The third-order valence-corrected chi connectivity index (χ3v) is 6.49. The zero-order valence-corrected chi connectivity index (χ0v) is 17.3. The number of hydrogen-bond acceptors (Lipinski definition) is 7. The van der Waals surface area contributed by atoms with Crippen molar-refractivity contribution in [3.8, 4) is 22.2 Å². The summed E-state index contributed by atoms with van der Waals surface area (Å²) in [6.45, 7) is 1.26. The first-order valence-electron chi connectivity index (χ1n) is 9.59. The first-order valence-corrected chi connectivity index (χ1v) is 11.5. The zero-order chi connectivity index (χ0) is 19.6. The SMILES string of the molecule is O=C(CSc1nnc(-c2cccs2)n1C1CC1)Nc1ccc2c(c1)OCCCO2. The van der Waals surface area contributed by atoms with Crippen molar-refractivity contribution in [3.63, 3.8) is 0 Å². The molecule has 2 aliphatic rings. The predicted octanol–water partition coefficient (Wildman–Crippen LogP) is 4.23. The number of carbonyl (C=O) groups is 1. The largest absolute Gasteiger partial charge is 0.490 e. The Kier molecular flexibility index (Phi) is 5.15. The van der Waals surface area contributed by atoms with Gasteiger partial charge >= 0.3 is 0 Å². The van der Waals surface area contributed by atoms with Crippen LogP contribution in [0.15, 0.2) is 40.9 Å². The highest BCUT2D eigenvalue weighted by molar-refractivity contribution is 7.99. The minimum Gasteiger partial charge on any atom is -0.490 e. The van der Waals surface area contributed by atoms with E-state index in [4.69, 9.17) is 9.47 Å². The number of anilines is 1. The number of rotatable bonds is 6. The summed E-state index contributed by atoms with van der Waals surface area (Å²) in [6, 6.07) is 9.98. The number of thiophene rings is 1. The number of fused-ring (bicyclic) bond motifs is 1. The fourth-order valence-electron chi connectivity index (χ4n) is 3.18. The number of benzene rings is 1. The van der Waals surface area contributed by atoms with Gasteiger partial charge in [-0.05, 0) is 36.4 Å². The van der Waals surface area contributed by atoms with Crippen LogP contribution in [0.2, 0.25) is 0 Å². The van der Waals surface area contributed by atoms with E-state index in [9.17, 15) is 4.79 Å². The van der Waals surface area contributed by atoms with E-state index in [-0.39, 0.29) is 11.7 Å². The van der Waals surface area contributed by atoms with Crippen molar-refractivity contribution in [1.29, 1.82) is 0 Å². The van der Waals surface area contributed by atoms with Crippen LogP contribution in [0.5, 0.6) is 11.5 Å². The summed E-state index contributed by atoms with van der Waals surface area (Å²) >= 11 is 3.07. The Labute approximate surface area is 176 Å². The van der Waals surface area contributed by atoms with Gasteiger partial charge in [0, 0.05) is 24.2 Å². The molecule has 1 aromatic carbocycles. The predicted molar refractivity (Wildman–Crippen MR) is 113 cm³/mol. The molecule has 7 nitrogen and oxygen atoms in total. The summed E-state index contributed by atoms with van der Waals surface area (Å²) in [7, 11) is 0. The van der Waals surface area contributed by atoms with Crippen molar-refractivity contribution in [1.82, 2.24) is 14.8 Å². The van der Waals surface area contributed by atoms with Crippen LogP contribution in [0.1, 0.15) is 25.3 Å². The number of carbonyl (C=O) groups excluding carboxylic acids is 1. The number of nitrogens with one attached hydrogen (secondary N) is 1. The first-order chi connectivity index (χ1) is 14.3. The number of thioether (sulfide) groups is 1. The van der Waals surface area contributed by atoms with Crippen molar-refractivity contribution < 1.29 is 14.3 Å². The topological polar surface area (TPSA) is 78.3 Å². The second-order valence-electron chi connectivity index (χ2n) is 6.93. The highest BCUT2D eigenvalue weighted by atomic mass is 32.2. The summed E-state index contributed by atoms with van der Waals surface area (Å²) in [5, 5.41) is 14.5. The monoisotopic (exact) mass is 428 g/mol. The van der Waals surface area contributed by atoms with Gasteiger partial charge in [0.25, 0.3) is 0 Å². The van der Waals surface area contributed by atoms with Gasteiger partial charge in [-0.1, -0.05) is 17.8 Å². The van der Waals surface area contributed by atoms with Crippen molar-refractivity contribution in [2.45, 2.75) is 30.5 Å². The van der Waals surface area contributed by atoms with E-state index >= 15 is 0 Å². The molecule has 150 valence electrons. The van der Waals surface area contributed by atoms with Crippen molar-refractivity contribution in [2.75, 3.05) is 24.3 Å². The maximum Gasteiger partial charge on any atom is 0.234 e. The molecule has 1 amide bonds. The van der Waals surface area contributed by atoms with Gasteiger partial charge in [-0.15, -0.1) is 21.5 Å². The molecule has 0 saturated heterocycles. The molecule has 1 saturated carbocycles. The van der Waals surface area contributed by atoms with Crippen molar-refractivity contribution in [3.05, 3.63) is 35.7 Å². The van der Waals surface area contributed by atoms with Gasteiger partial charge in [0.2, 0.25) is 5.91 Å². The van der Waals surface area contributed by atoms with E-state index in [0.717, 1.165) is 35.1 Å². The van der Waals surface area contributed by atoms with E-state index in [2.05, 4.69) is 26.1 Å². The van der Waals surface area contributed by atoms with Gasteiger partial charge in [0.1, 0.15) is 0 Å². The van der Waals surface area contributed by atoms with Crippen molar-refractivity contribution >= 4 is 34.7 Å². The molecule has 5 rings (SSSR count). The Hall–Kier alpha value is -2.52. The van der Waals surface area contributed by atoms with Crippen LogP contribution in [0.4, 0.5) is 5.69 Å². The Balaban J connectivity index is 1.25. The number of amides is 1. The smallest absolute Gasteiger partial charge is 0.234 e. The number of nitrogens with zero attached hydrogens (tertiary/aromatic N) is 3. The van der Waals surface area contributed by atoms with Crippen molar-refractivity contribution in [2.24, 2.45) is 0 Å². The molecule has 0 unspecified atom stereocenters. The fourth-order valence-corrected chi connectivity index (χ4v) is 4.69. The first kappa shape index (κ1) is 18.5. The average Bonchev–Trinajstić information content (AvgIpc) is 3.32. The molecule has 1 aliphatic carbocycles. The Morgan fingerprint density at radius 2 is 2.07 bits per heavy atom. The molecule has 3 heterocycles. The number of hydrogen-bond donors (Lipinski definition) is 1. The molecule has 1 fully saturated rings. The van der Waals surface area contributed by atoms with E-state index in [0.29, 0.717) is 36.4 Å². The molecule has 9 heteroatoms. The van der Waals surface area contributed by atoms with Gasteiger partial charge in [-0.3, -0.25) is 9.36 Å². The Bertz CT molecular complexity index is 1010. The van der Waals surface area contributed by atoms with Gasteiger partial charge in [-0.2, -0.15) is 0 Å². The quantitative estimate of drug-likeness (QED) is 0.592. The van der Waals surface area contributed by atoms with Crippen LogP contribution in [0, 0.1) is 0 Å². The molecule has 1 aliphatic heterocycles. The molecule has 0 bridgehead atoms. The minimum atomic E-state index is -0.0903. The van der Waals surface area contributed by atoms with Crippen LogP contribution in [0.25, 0.3) is 10.7 Å². The fraction of sp³-hybridized carbons (Fsp3) is 0.350. The third-order valence-electron chi connectivity index (χ3n) is 4.68. The normalized spacial score (nSPS) is 15.7. The second kappa shape index (κ2) is 8.08. The van der Waals surface area contributed by atoms with E-state index < -0.39 is 0 Å². The summed E-state index contributed by atoms with van der Waals surface area (Å²) in [6.07, 6.45) is 3.11. The highest BCUT2D eigenvalue weighted by Crippen LogP contribution is 2.41. The maximum absolute atomic E-state index is 12.5. The molecule has 0 spiro atoms. The van der Waals surface area contributed by atoms with Gasteiger partial charge < -0.3 is 14.8 Å². The van der Waals surface area contributed by atoms with Gasteiger partial charge in [-0.25, -0.2) is 0 Å². The molecular weight excluding hydrogens is 408 g/mol. The van der Waals surface area contributed by atoms with Crippen LogP contribution in [-0.4, -0.2) is 39.6 Å². The van der Waals surface area contributed by atoms with Gasteiger partial charge in [0.15, 0.2) is 22.5 Å². The molecule has 1 N–H and O–H groups in total. The lowest BCUT2D eigenvalue weighted by molar-refractivity contribution is -0.113. The van der Waals surface area contributed by atoms with E-state index in [1.807, 2.05) is 29.6 Å². The minimum absolute atomic E-state index is 0.0903. The van der Waals surface area contributed by atoms with Crippen LogP contribution in [-0.2, 0) is 4.79 Å². The second-order valence-corrected chi connectivity index (χ2v) is 8.82. The summed E-state index contributed by atoms with van der Waals surface area (Å²) in [4.78, 5) is 13.6. The van der Waals surface area contributed by atoms with Crippen LogP contribution in [0.3, 0.4) is 0 Å². The molecule has 2 aromatic heterocycles.